The summed E-state index contributed by atoms with van der Waals surface area (Å²) in [5.41, 5.74) is 4.01. The van der Waals surface area contributed by atoms with Crippen LogP contribution in [0.25, 0.3) is 0 Å². The van der Waals surface area contributed by atoms with Crippen LogP contribution >= 0.6 is 0 Å². The first kappa shape index (κ1) is 14.0. The lowest BCUT2D eigenvalue weighted by Crippen LogP contribution is -2.44. The second kappa shape index (κ2) is 5.10. The SMILES string of the molecule is NC(=O)Cn1nc2n(c(=O)c1=O)CCN2c1ccc(F)cc1. The maximum Gasteiger partial charge on any atom is 0.333 e. The van der Waals surface area contributed by atoms with E-state index < -0.39 is 23.6 Å². The van der Waals surface area contributed by atoms with E-state index in [-0.39, 0.29) is 18.3 Å². The first-order valence-corrected chi connectivity index (χ1v) is 6.51. The van der Waals surface area contributed by atoms with Crippen molar-refractivity contribution in [2.75, 3.05) is 11.4 Å². The Kier molecular flexibility index (Phi) is 3.24. The summed E-state index contributed by atoms with van der Waals surface area (Å²) in [5.74, 6) is -0.935. The number of benzene rings is 1. The molecule has 0 fully saturated rings. The Labute approximate surface area is 123 Å². The molecule has 1 amide bonds. The van der Waals surface area contributed by atoms with Gasteiger partial charge in [0.1, 0.15) is 12.4 Å². The Hall–Kier alpha value is -2.97. The lowest BCUT2D eigenvalue weighted by Gasteiger charge is -2.17. The molecule has 2 aromatic rings. The minimum Gasteiger partial charge on any atom is -0.368 e. The summed E-state index contributed by atoms with van der Waals surface area (Å²) in [5, 5.41) is 4.03. The second-order valence-electron chi connectivity index (χ2n) is 4.81. The first-order chi connectivity index (χ1) is 10.5. The molecule has 1 aromatic heterocycles. The number of amides is 1. The summed E-state index contributed by atoms with van der Waals surface area (Å²) in [6, 6.07) is 5.66. The van der Waals surface area contributed by atoms with Crippen LogP contribution in [0.3, 0.4) is 0 Å². The second-order valence-corrected chi connectivity index (χ2v) is 4.81. The van der Waals surface area contributed by atoms with Gasteiger partial charge in [0, 0.05) is 18.8 Å². The number of hydrogen-bond donors (Lipinski definition) is 1. The standard InChI is InChI=1S/C13H12FN5O3/c14-8-1-3-9(4-2-8)17-5-6-18-11(21)12(22)19(7-10(15)20)16-13(17)18/h1-4H,5-7H2,(H2,15,20). The van der Waals surface area contributed by atoms with Crippen molar-refractivity contribution in [2.24, 2.45) is 5.73 Å². The number of carbonyl (C=O) groups is 1. The van der Waals surface area contributed by atoms with Crippen LogP contribution in [0.5, 0.6) is 0 Å². The van der Waals surface area contributed by atoms with Gasteiger partial charge in [0.25, 0.3) is 0 Å². The third-order valence-corrected chi connectivity index (χ3v) is 3.35. The van der Waals surface area contributed by atoms with Crippen LogP contribution in [0.1, 0.15) is 0 Å². The summed E-state index contributed by atoms with van der Waals surface area (Å²) < 4.78 is 15.0. The predicted octanol–water partition coefficient (Wildman–Crippen LogP) is -0.819. The van der Waals surface area contributed by atoms with E-state index in [1.807, 2.05) is 0 Å². The lowest BCUT2D eigenvalue weighted by molar-refractivity contribution is -0.118. The Balaban J connectivity index is 2.11. The first-order valence-electron chi connectivity index (χ1n) is 6.51. The van der Waals surface area contributed by atoms with E-state index in [0.29, 0.717) is 12.2 Å². The fourth-order valence-electron chi connectivity index (χ4n) is 2.35. The van der Waals surface area contributed by atoms with Gasteiger partial charge in [-0.2, -0.15) is 0 Å². The fourth-order valence-corrected chi connectivity index (χ4v) is 2.35. The van der Waals surface area contributed by atoms with E-state index in [9.17, 15) is 18.8 Å². The highest BCUT2D eigenvalue weighted by Gasteiger charge is 2.26. The van der Waals surface area contributed by atoms with Crippen LogP contribution in [-0.4, -0.2) is 26.8 Å². The zero-order valence-corrected chi connectivity index (χ0v) is 11.4. The molecule has 3 rings (SSSR count). The van der Waals surface area contributed by atoms with E-state index in [0.717, 1.165) is 4.68 Å². The molecule has 0 atom stereocenters. The number of nitrogens with zero attached hydrogens (tertiary/aromatic N) is 4. The van der Waals surface area contributed by atoms with Gasteiger partial charge in [-0.1, -0.05) is 0 Å². The molecule has 2 N–H and O–H groups in total. The van der Waals surface area contributed by atoms with Gasteiger partial charge in [-0.25, -0.2) is 9.07 Å². The number of rotatable bonds is 3. The molecule has 0 radical (unpaired) electrons. The maximum atomic E-state index is 13.0. The molecule has 0 saturated carbocycles. The van der Waals surface area contributed by atoms with Crippen molar-refractivity contribution in [3.8, 4) is 0 Å². The predicted molar refractivity (Wildman–Crippen MR) is 75.4 cm³/mol. The molecule has 1 aliphatic heterocycles. The Morgan fingerprint density at radius 2 is 1.86 bits per heavy atom. The van der Waals surface area contributed by atoms with Gasteiger partial charge >= 0.3 is 11.1 Å². The lowest BCUT2D eigenvalue weighted by atomic mass is 10.3. The molecule has 0 aliphatic carbocycles. The third kappa shape index (κ3) is 2.26. The highest BCUT2D eigenvalue weighted by molar-refractivity contribution is 5.73. The van der Waals surface area contributed by atoms with E-state index in [1.54, 1.807) is 17.0 Å². The topological polar surface area (TPSA) is 103 Å². The van der Waals surface area contributed by atoms with Crippen LogP contribution in [0.2, 0.25) is 0 Å². The van der Waals surface area contributed by atoms with Crippen LogP contribution in [0, 0.1) is 5.82 Å². The highest BCUT2D eigenvalue weighted by Crippen LogP contribution is 2.26. The summed E-state index contributed by atoms with van der Waals surface area (Å²) in [6.45, 7) is 0.220. The molecule has 0 saturated heterocycles. The summed E-state index contributed by atoms with van der Waals surface area (Å²) in [7, 11) is 0. The zero-order chi connectivity index (χ0) is 15.9. The maximum absolute atomic E-state index is 13.0. The van der Waals surface area contributed by atoms with Crippen LogP contribution in [0.15, 0.2) is 33.9 Å². The van der Waals surface area contributed by atoms with Crippen molar-refractivity contribution in [3.05, 3.63) is 50.8 Å². The molecular weight excluding hydrogens is 293 g/mol. The smallest absolute Gasteiger partial charge is 0.333 e. The van der Waals surface area contributed by atoms with Gasteiger partial charge in [0.15, 0.2) is 0 Å². The molecule has 0 spiro atoms. The molecule has 1 aliphatic rings. The molecule has 2 heterocycles. The van der Waals surface area contributed by atoms with Gasteiger partial charge in [-0.15, -0.1) is 5.10 Å². The van der Waals surface area contributed by atoms with Gasteiger partial charge < -0.3 is 10.6 Å². The Bertz CT molecular complexity index is 855. The zero-order valence-electron chi connectivity index (χ0n) is 11.4. The largest absolute Gasteiger partial charge is 0.368 e. The molecule has 114 valence electrons. The van der Waals surface area contributed by atoms with Crippen molar-refractivity contribution < 1.29 is 9.18 Å². The number of primary amides is 1. The van der Waals surface area contributed by atoms with E-state index >= 15 is 0 Å². The highest BCUT2D eigenvalue weighted by atomic mass is 19.1. The molecule has 22 heavy (non-hydrogen) atoms. The normalized spacial score (nSPS) is 13.2. The number of fused-ring (bicyclic) bond motifs is 1. The minimum absolute atomic E-state index is 0.220. The van der Waals surface area contributed by atoms with Crippen molar-refractivity contribution in [3.63, 3.8) is 0 Å². The van der Waals surface area contributed by atoms with Gasteiger partial charge in [-0.3, -0.25) is 19.0 Å². The van der Waals surface area contributed by atoms with Crippen LogP contribution < -0.4 is 21.8 Å². The van der Waals surface area contributed by atoms with Gasteiger partial charge in [0.05, 0.1) is 0 Å². The Morgan fingerprint density at radius 1 is 1.18 bits per heavy atom. The summed E-state index contributed by atoms with van der Waals surface area (Å²) in [6.07, 6.45) is 0. The number of carbonyl (C=O) groups excluding carboxylic acids is 1. The van der Waals surface area contributed by atoms with E-state index in [2.05, 4.69) is 5.10 Å². The van der Waals surface area contributed by atoms with E-state index in [1.165, 1.54) is 16.7 Å². The van der Waals surface area contributed by atoms with Crippen LogP contribution in [0.4, 0.5) is 16.0 Å². The fraction of sp³-hybridized carbons (Fsp3) is 0.231. The molecule has 1 aromatic carbocycles. The number of hydrogen-bond acceptors (Lipinski definition) is 5. The minimum atomic E-state index is -0.900. The summed E-state index contributed by atoms with van der Waals surface area (Å²) >= 11 is 0. The number of aromatic nitrogens is 3. The third-order valence-electron chi connectivity index (χ3n) is 3.35. The number of nitrogens with two attached hydrogens (primary N) is 1. The van der Waals surface area contributed by atoms with Crippen molar-refractivity contribution in [2.45, 2.75) is 13.1 Å². The van der Waals surface area contributed by atoms with Crippen molar-refractivity contribution >= 4 is 17.5 Å². The monoisotopic (exact) mass is 305 g/mol. The molecule has 0 unspecified atom stereocenters. The van der Waals surface area contributed by atoms with Crippen molar-refractivity contribution in [1.29, 1.82) is 0 Å². The number of anilines is 2. The number of halogens is 1. The average molecular weight is 305 g/mol. The van der Waals surface area contributed by atoms with Gasteiger partial charge in [0.2, 0.25) is 11.9 Å². The Morgan fingerprint density at radius 3 is 2.50 bits per heavy atom. The average Bonchev–Trinajstić information content (AvgIpc) is 2.88. The van der Waals surface area contributed by atoms with Crippen LogP contribution in [-0.2, 0) is 17.9 Å². The molecular formula is C13H12FN5O3. The molecule has 0 bridgehead atoms. The van der Waals surface area contributed by atoms with Gasteiger partial charge in [-0.05, 0) is 24.3 Å². The molecule has 8 nitrogen and oxygen atoms in total. The quantitative estimate of drug-likeness (QED) is 0.746. The summed E-state index contributed by atoms with van der Waals surface area (Å²) in [4.78, 5) is 36.5. The van der Waals surface area contributed by atoms with E-state index in [4.69, 9.17) is 5.73 Å². The molecule has 9 heteroatoms. The van der Waals surface area contributed by atoms with Crippen molar-refractivity contribution in [1.82, 2.24) is 14.3 Å².